The van der Waals surface area contributed by atoms with Crippen LogP contribution in [0, 0.1) is 5.41 Å². The third-order valence-electron chi connectivity index (χ3n) is 7.49. The van der Waals surface area contributed by atoms with Crippen molar-refractivity contribution in [3.05, 3.63) is 53.6 Å². The number of rotatable bonds is 11. The van der Waals surface area contributed by atoms with E-state index >= 15 is 0 Å². The van der Waals surface area contributed by atoms with Crippen molar-refractivity contribution >= 4 is 31.3 Å². The van der Waals surface area contributed by atoms with Gasteiger partial charge in [0.25, 0.3) is 10.1 Å². The van der Waals surface area contributed by atoms with E-state index in [4.69, 9.17) is 4.55 Å². The van der Waals surface area contributed by atoms with Crippen molar-refractivity contribution in [2.24, 2.45) is 5.41 Å². The summed E-state index contributed by atoms with van der Waals surface area (Å²) in [5.74, 6) is -1.00. The van der Waals surface area contributed by atoms with Gasteiger partial charge in [-0.3, -0.25) is 4.55 Å². The van der Waals surface area contributed by atoms with E-state index in [9.17, 15) is 21.9 Å². The van der Waals surface area contributed by atoms with E-state index in [0.29, 0.717) is 24.9 Å². The van der Waals surface area contributed by atoms with Crippen LogP contribution in [0.4, 0.5) is 11.4 Å². The maximum Gasteiger partial charge on any atom is 0.264 e. The summed E-state index contributed by atoms with van der Waals surface area (Å²) in [7, 11) is -3.90. The molecule has 0 saturated heterocycles. The molecule has 0 saturated carbocycles. The van der Waals surface area contributed by atoms with Gasteiger partial charge in [0.15, 0.2) is 9.84 Å². The number of fused-ring (bicyclic) bond motifs is 1. The Morgan fingerprint density at radius 2 is 1.84 bits per heavy atom. The van der Waals surface area contributed by atoms with Gasteiger partial charge in [-0.25, -0.2) is 8.42 Å². The van der Waals surface area contributed by atoms with Crippen LogP contribution in [0.3, 0.4) is 0 Å². The summed E-state index contributed by atoms with van der Waals surface area (Å²) in [6.45, 7) is 4.36. The molecule has 206 valence electrons. The zero-order valence-corrected chi connectivity index (χ0v) is 23.8. The topological polar surface area (TPSA) is 124 Å². The van der Waals surface area contributed by atoms with Crippen molar-refractivity contribution in [2.45, 2.75) is 62.9 Å². The molecule has 1 heterocycles. The van der Waals surface area contributed by atoms with Crippen molar-refractivity contribution in [2.75, 3.05) is 42.4 Å². The Morgan fingerprint density at radius 1 is 1.11 bits per heavy atom. The van der Waals surface area contributed by atoms with E-state index in [1.54, 1.807) is 12.1 Å². The summed E-state index contributed by atoms with van der Waals surface area (Å²) < 4.78 is 58.5. The lowest BCUT2D eigenvalue weighted by atomic mass is 9.69. The second kappa shape index (κ2) is 11.7. The first kappa shape index (κ1) is 29.4. The third kappa shape index (κ3) is 6.85. The lowest BCUT2D eigenvalue weighted by Gasteiger charge is -2.39. The standard InChI is InChI=1S/C27H40N2O6S2/c1-5-7-14-27(6-2)19-36(31,32)24-13-12-22(29(3)4)18-23(24)25(26(27)30)20-10-8-11-21(17-20)28-15-9-16-37(33,34)35/h8,10-13,17-18,25-26,28,30H,5-7,9,14-16,19H2,1-4H3,(H,33,34,35)/t25-,26-,27-/m1/s1. The maximum absolute atomic E-state index is 13.8. The zero-order chi connectivity index (χ0) is 27.4. The first-order chi connectivity index (χ1) is 17.3. The number of sulfone groups is 1. The third-order valence-corrected chi connectivity index (χ3v) is 10.3. The molecule has 37 heavy (non-hydrogen) atoms. The van der Waals surface area contributed by atoms with E-state index in [1.807, 2.05) is 56.3 Å². The van der Waals surface area contributed by atoms with Gasteiger partial charge in [-0.2, -0.15) is 8.42 Å². The van der Waals surface area contributed by atoms with E-state index in [0.717, 1.165) is 29.8 Å². The highest BCUT2D eigenvalue weighted by atomic mass is 32.2. The van der Waals surface area contributed by atoms with Crippen molar-refractivity contribution < 1.29 is 26.5 Å². The Hall–Kier alpha value is -2.14. The van der Waals surface area contributed by atoms with Gasteiger partial charge in [0.2, 0.25) is 0 Å². The molecule has 0 bridgehead atoms. The molecule has 0 unspecified atom stereocenters. The quantitative estimate of drug-likeness (QED) is 0.278. The maximum atomic E-state index is 13.8. The molecule has 0 spiro atoms. The number of nitrogens with one attached hydrogen (secondary N) is 1. The normalized spacial score (nSPS) is 23.2. The van der Waals surface area contributed by atoms with Crippen molar-refractivity contribution in [3.8, 4) is 0 Å². The van der Waals surface area contributed by atoms with Crippen LogP contribution < -0.4 is 10.2 Å². The van der Waals surface area contributed by atoms with Crippen LogP contribution in [-0.2, 0) is 20.0 Å². The Labute approximate surface area is 221 Å². The van der Waals surface area contributed by atoms with E-state index in [1.165, 1.54) is 0 Å². The van der Waals surface area contributed by atoms with Gasteiger partial charge < -0.3 is 15.3 Å². The van der Waals surface area contributed by atoms with Crippen molar-refractivity contribution in [1.82, 2.24) is 0 Å². The van der Waals surface area contributed by atoms with Gasteiger partial charge in [0.1, 0.15) is 0 Å². The van der Waals surface area contributed by atoms with Crippen LogP contribution in [0.2, 0.25) is 0 Å². The highest BCUT2D eigenvalue weighted by Gasteiger charge is 2.49. The summed E-state index contributed by atoms with van der Waals surface area (Å²) in [6.07, 6.45) is 2.18. The molecule has 1 aliphatic rings. The minimum atomic E-state index is -4.03. The van der Waals surface area contributed by atoms with Gasteiger partial charge in [-0.1, -0.05) is 38.8 Å². The first-order valence-electron chi connectivity index (χ1n) is 12.8. The van der Waals surface area contributed by atoms with E-state index < -0.39 is 37.4 Å². The number of anilines is 2. The monoisotopic (exact) mass is 552 g/mol. The molecule has 0 aliphatic carbocycles. The fourth-order valence-electron chi connectivity index (χ4n) is 5.33. The number of aliphatic hydroxyl groups excluding tert-OH is 1. The molecule has 0 fully saturated rings. The van der Waals surface area contributed by atoms with Crippen LogP contribution in [0.15, 0.2) is 47.4 Å². The number of aliphatic hydroxyl groups is 1. The van der Waals surface area contributed by atoms with Gasteiger partial charge in [-0.05, 0) is 60.7 Å². The fraction of sp³-hybridized carbons (Fsp3) is 0.556. The van der Waals surface area contributed by atoms with Gasteiger partial charge in [0.05, 0.1) is 22.5 Å². The van der Waals surface area contributed by atoms with E-state index in [-0.39, 0.29) is 22.8 Å². The molecule has 3 rings (SSSR count). The molecule has 1 aliphatic heterocycles. The summed E-state index contributed by atoms with van der Waals surface area (Å²) in [4.78, 5) is 2.18. The van der Waals surface area contributed by atoms with Crippen LogP contribution in [0.1, 0.15) is 63.0 Å². The molecule has 0 amide bonds. The van der Waals surface area contributed by atoms with Gasteiger partial charge in [0, 0.05) is 43.3 Å². The molecule has 0 radical (unpaired) electrons. The molecule has 0 aromatic heterocycles. The minimum absolute atomic E-state index is 0.101. The Balaban J connectivity index is 2.13. The van der Waals surface area contributed by atoms with Gasteiger partial charge in [-0.15, -0.1) is 0 Å². The van der Waals surface area contributed by atoms with Crippen LogP contribution in [0.5, 0.6) is 0 Å². The summed E-state index contributed by atoms with van der Waals surface area (Å²) in [5.41, 5.74) is 2.16. The predicted octanol–water partition coefficient (Wildman–Crippen LogP) is 4.31. The summed E-state index contributed by atoms with van der Waals surface area (Å²) in [6, 6.07) is 12.8. The highest BCUT2D eigenvalue weighted by molar-refractivity contribution is 7.91. The Bertz CT molecular complexity index is 1290. The molecule has 8 nitrogen and oxygen atoms in total. The molecular weight excluding hydrogens is 512 g/mol. The van der Waals surface area contributed by atoms with Crippen LogP contribution in [-0.4, -0.2) is 64.7 Å². The molecule has 3 atom stereocenters. The molecular formula is C27H40N2O6S2. The lowest BCUT2D eigenvalue weighted by Crippen LogP contribution is -2.42. The molecule has 3 N–H and O–H groups in total. The molecule has 2 aromatic carbocycles. The number of unbranched alkanes of at least 4 members (excludes halogenated alkanes) is 1. The zero-order valence-electron chi connectivity index (χ0n) is 22.1. The number of hydrogen-bond acceptors (Lipinski definition) is 7. The average Bonchev–Trinajstić information content (AvgIpc) is 2.90. The van der Waals surface area contributed by atoms with Crippen molar-refractivity contribution in [3.63, 3.8) is 0 Å². The molecule has 2 aromatic rings. The number of hydrogen-bond donors (Lipinski definition) is 3. The largest absolute Gasteiger partial charge is 0.392 e. The lowest BCUT2D eigenvalue weighted by molar-refractivity contribution is 0.0174. The number of benzene rings is 2. The average molecular weight is 553 g/mol. The van der Waals surface area contributed by atoms with E-state index in [2.05, 4.69) is 12.2 Å². The fourth-order valence-corrected chi connectivity index (χ4v) is 8.09. The predicted molar refractivity (Wildman–Crippen MR) is 149 cm³/mol. The smallest absolute Gasteiger partial charge is 0.264 e. The molecule has 10 heteroatoms. The highest BCUT2D eigenvalue weighted by Crippen LogP contribution is 2.49. The minimum Gasteiger partial charge on any atom is -0.392 e. The second-order valence-electron chi connectivity index (χ2n) is 10.3. The van der Waals surface area contributed by atoms with Crippen LogP contribution in [0.25, 0.3) is 0 Å². The Morgan fingerprint density at radius 3 is 2.46 bits per heavy atom. The summed E-state index contributed by atoms with van der Waals surface area (Å²) >= 11 is 0. The summed E-state index contributed by atoms with van der Waals surface area (Å²) in [5, 5.41) is 15.2. The van der Waals surface area contributed by atoms with Crippen LogP contribution >= 0.6 is 0 Å². The Kier molecular flexibility index (Phi) is 9.32. The van der Waals surface area contributed by atoms with Crippen molar-refractivity contribution in [1.29, 1.82) is 0 Å². The SMILES string of the molecule is CCCC[C@]1(CC)CS(=O)(=O)c2ccc(N(C)C)cc2[C@@H](c2cccc(NCCCS(=O)(=O)O)c2)[C@H]1O. The van der Waals surface area contributed by atoms with Gasteiger partial charge >= 0.3 is 0 Å². The first-order valence-corrected chi connectivity index (χ1v) is 16.1. The number of nitrogens with zero attached hydrogens (tertiary/aromatic N) is 1. The second-order valence-corrected chi connectivity index (χ2v) is 13.8.